The quantitative estimate of drug-likeness (QED) is 0.724. The Bertz CT molecular complexity index is 549. The molecule has 0 fully saturated rings. The van der Waals surface area contributed by atoms with Crippen LogP contribution in [-0.4, -0.2) is 19.9 Å². The molecule has 0 saturated heterocycles. The summed E-state index contributed by atoms with van der Waals surface area (Å²) in [7, 11) is -3.16. The van der Waals surface area contributed by atoms with Gasteiger partial charge in [0.05, 0.1) is 0 Å². The van der Waals surface area contributed by atoms with Gasteiger partial charge in [0, 0.05) is 5.56 Å². The first-order valence-electron chi connectivity index (χ1n) is 4.78. The summed E-state index contributed by atoms with van der Waals surface area (Å²) in [5, 5.41) is 0. The predicted octanol–water partition coefficient (Wildman–Crippen LogP) is 1.48. The molecule has 1 rings (SSSR count). The molecule has 16 heavy (non-hydrogen) atoms. The maximum atomic E-state index is 11.4. The van der Waals surface area contributed by atoms with Crippen LogP contribution in [0.5, 0.6) is 0 Å². The second-order valence-corrected chi connectivity index (χ2v) is 5.19. The zero-order chi connectivity index (χ0) is 11.9. The van der Waals surface area contributed by atoms with Crippen molar-refractivity contribution >= 4 is 9.84 Å². The summed E-state index contributed by atoms with van der Waals surface area (Å²) < 4.78 is 22.7. The average molecular weight is 232 g/mol. The third-order valence-corrected chi connectivity index (χ3v) is 2.94. The maximum absolute atomic E-state index is 11.4. The van der Waals surface area contributed by atoms with E-state index >= 15 is 0 Å². The molecule has 1 aromatic rings. The molecule has 0 aromatic heterocycles. The van der Waals surface area contributed by atoms with E-state index in [2.05, 4.69) is 23.7 Å². The van der Waals surface area contributed by atoms with Crippen molar-refractivity contribution < 1.29 is 8.42 Å². The fourth-order valence-electron chi connectivity index (χ4n) is 1.00. The van der Waals surface area contributed by atoms with E-state index in [-0.39, 0.29) is 11.5 Å². The second kappa shape index (κ2) is 6.00. The van der Waals surface area contributed by atoms with Crippen LogP contribution >= 0.6 is 0 Å². The van der Waals surface area contributed by atoms with E-state index in [0.29, 0.717) is 0 Å². The molecule has 3 heteroatoms. The smallest absolute Gasteiger partial charge is 0.172 e. The molecule has 2 nitrogen and oxygen atoms in total. The van der Waals surface area contributed by atoms with Gasteiger partial charge >= 0.3 is 0 Å². The van der Waals surface area contributed by atoms with E-state index in [0.717, 1.165) is 5.56 Å². The van der Waals surface area contributed by atoms with Crippen molar-refractivity contribution in [2.24, 2.45) is 0 Å². The maximum Gasteiger partial charge on any atom is 0.172 e. The van der Waals surface area contributed by atoms with Gasteiger partial charge in [-0.25, -0.2) is 8.42 Å². The molecule has 0 saturated carbocycles. The highest BCUT2D eigenvalue weighted by Crippen LogP contribution is 1.95. The first-order chi connectivity index (χ1) is 7.64. The Labute approximate surface area is 96.6 Å². The van der Waals surface area contributed by atoms with Crippen molar-refractivity contribution in [1.29, 1.82) is 0 Å². The van der Waals surface area contributed by atoms with Crippen molar-refractivity contribution in [2.75, 3.05) is 11.5 Å². The van der Waals surface area contributed by atoms with Gasteiger partial charge in [0.25, 0.3) is 0 Å². The Morgan fingerprint density at radius 3 is 2.31 bits per heavy atom. The van der Waals surface area contributed by atoms with Crippen LogP contribution in [0, 0.1) is 23.7 Å². The van der Waals surface area contributed by atoms with Crippen LogP contribution in [-0.2, 0) is 9.84 Å². The van der Waals surface area contributed by atoms with Crippen LogP contribution in [0.25, 0.3) is 0 Å². The minimum Gasteiger partial charge on any atom is -0.227 e. The van der Waals surface area contributed by atoms with E-state index in [1.54, 1.807) is 6.92 Å². The molecule has 0 unspecified atom stereocenters. The topological polar surface area (TPSA) is 34.1 Å². The molecule has 0 amide bonds. The summed E-state index contributed by atoms with van der Waals surface area (Å²) in [6.45, 7) is 1.62. The Balaban J connectivity index is 2.64. The minimum atomic E-state index is -3.16. The van der Waals surface area contributed by atoms with Gasteiger partial charge < -0.3 is 0 Å². The van der Waals surface area contributed by atoms with Gasteiger partial charge in [-0.15, -0.1) is 5.92 Å². The Kier molecular flexibility index (Phi) is 4.64. The fourth-order valence-corrected chi connectivity index (χ4v) is 1.76. The molecule has 0 aliphatic heterocycles. The van der Waals surface area contributed by atoms with Crippen LogP contribution in [0.3, 0.4) is 0 Å². The van der Waals surface area contributed by atoms with Gasteiger partial charge in [-0.05, 0) is 19.1 Å². The van der Waals surface area contributed by atoms with Gasteiger partial charge in [0.1, 0.15) is 11.5 Å². The highest BCUT2D eigenvalue weighted by molar-refractivity contribution is 7.91. The molecule has 0 atom stereocenters. The van der Waals surface area contributed by atoms with Gasteiger partial charge in [0.2, 0.25) is 0 Å². The highest BCUT2D eigenvalue weighted by atomic mass is 32.2. The zero-order valence-corrected chi connectivity index (χ0v) is 9.84. The van der Waals surface area contributed by atoms with Crippen molar-refractivity contribution in [1.82, 2.24) is 0 Å². The molecule has 0 N–H and O–H groups in total. The van der Waals surface area contributed by atoms with Gasteiger partial charge in [-0.3, -0.25) is 0 Å². The number of rotatable bonds is 2. The van der Waals surface area contributed by atoms with Gasteiger partial charge in [-0.1, -0.05) is 36.0 Å². The van der Waals surface area contributed by atoms with Crippen LogP contribution in [0.2, 0.25) is 0 Å². The molecule has 0 heterocycles. The third kappa shape index (κ3) is 4.68. The molecule has 0 spiro atoms. The number of hydrogen-bond donors (Lipinski definition) is 0. The summed E-state index contributed by atoms with van der Waals surface area (Å²) in [5.41, 5.74) is 0.819. The van der Waals surface area contributed by atoms with Crippen LogP contribution < -0.4 is 0 Å². The zero-order valence-electron chi connectivity index (χ0n) is 9.03. The molecule has 0 aliphatic rings. The molecular weight excluding hydrogens is 220 g/mol. The molecule has 0 radical (unpaired) electrons. The average Bonchev–Trinajstić information content (AvgIpc) is 2.28. The molecular formula is C13H12O2S. The van der Waals surface area contributed by atoms with Crippen molar-refractivity contribution in [3.8, 4) is 23.7 Å². The highest BCUT2D eigenvalue weighted by Gasteiger charge is 2.05. The second-order valence-electron chi connectivity index (χ2n) is 3.13. The monoisotopic (exact) mass is 232 g/mol. The van der Waals surface area contributed by atoms with E-state index in [4.69, 9.17) is 0 Å². The van der Waals surface area contributed by atoms with Crippen LogP contribution in [0.4, 0.5) is 0 Å². The standard InChI is InChI=1S/C13H12O2S/c1-2-3-11-16(14,15)12-7-10-13-8-5-4-6-9-13/h4-6,8-9H,11-12H2,1H3. The summed E-state index contributed by atoms with van der Waals surface area (Å²) in [6.07, 6.45) is 0. The third-order valence-electron chi connectivity index (χ3n) is 1.77. The van der Waals surface area contributed by atoms with Crippen molar-refractivity contribution in [3.05, 3.63) is 35.9 Å². The van der Waals surface area contributed by atoms with Crippen LogP contribution in [0.1, 0.15) is 12.5 Å². The van der Waals surface area contributed by atoms with Crippen molar-refractivity contribution in [3.63, 3.8) is 0 Å². The van der Waals surface area contributed by atoms with E-state index in [1.165, 1.54) is 0 Å². The lowest BCUT2D eigenvalue weighted by molar-refractivity contribution is 0.603. The Hall–Kier alpha value is -1.71. The summed E-state index contributed by atoms with van der Waals surface area (Å²) in [6, 6.07) is 9.29. The summed E-state index contributed by atoms with van der Waals surface area (Å²) in [5.74, 6) is 10.3. The summed E-state index contributed by atoms with van der Waals surface area (Å²) >= 11 is 0. The fraction of sp³-hybridized carbons (Fsp3) is 0.231. The molecule has 82 valence electrons. The van der Waals surface area contributed by atoms with E-state index in [9.17, 15) is 8.42 Å². The van der Waals surface area contributed by atoms with Gasteiger partial charge in [-0.2, -0.15) is 0 Å². The molecule has 0 aliphatic carbocycles. The predicted molar refractivity (Wildman–Crippen MR) is 65.4 cm³/mol. The normalized spacial score (nSPS) is 9.56. The van der Waals surface area contributed by atoms with Crippen molar-refractivity contribution in [2.45, 2.75) is 6.92 Å². The first-order valence-corrected chi connectivity index (χ1v) is 6.60. The first kappa shape index (κ1) is 12.4. The van der Waals surface area contributed by atoms with E-state index < -0.39 is 9.84 Å². The molecule has 1 aromatic carbocycles. The Morgan fingerprint density at radius 2 is 1.69 bits per heavy atom. The number of sulfone groups is 1. The SMILES string of the molecule is CC#CCS(=O)(=O)CC#Cc1ccccc1. The lowest BCUT2D eigenvalue weighted by atomic mass is 10.2. The molecule has 0 bridgehead atoms. The van der Waals surface area contributed by atoms with E-state index in [1.807, 2.05) is 30.3 Å². The number of benzene rings is 1. The van der Waals surface area contributed by atoms with Crippen LogP contribution in [0.15, 0.2) is 30.3 Å². The lowest BCUT2D eigenvalue weighted by Crippen LogP contribution is -2.07. The largest absolute Gasteiger partial charge is 0.227 e. The van der Waals surface area contributed by atoms with Gasteiger partial charge in [0.15, 0.2) is 9.84 Å². The minimum absolute atomic E-state index is 0.118. The lowest BCUT2D eigenvalue weighted by Gasteiger charge is -1.91. The Morgan fingerprint density at radius 1 is 1.06 bits per heavy atom. The summed E-state index contributed by atoms with van der Waals surface area (Å²) in [4.78, 5) is 0. The number of hydrogen-bond acceptors (Lipinski definition) is 2.